The van der Waals surface area contributed by atoms with Crippen LogP contribution in [0, 0.1) is 10.8 Å². The quantitative estimate of drug-likeness (QED) is 0.554. The summed E-state index contributed by atoms with van der Waals surface area (Å²) in [5, 5.41) is 0.795. The van der Waals surface area contributed by atoms with E-state index in [4.69, 9.17) is 23.2 Å². The van der Waals surface area contributed by atoms with Crippen LogP contribution in [0.15, 0.2) is 36.4 Å². The Morgan fingerprint density at radius 3 is 1.90 bits per heavy atom. The molecule has 29 heavy (non-hydrogen) atoms. The van der Waals surface area contributed by atoms with Gasteiger partial charge in [-0.05, 0) is 56.9 Å². The van der Waals surface area contributed by atoms with E-state index in [-0.39, 0.29) is 5.78 Å². The van der Waals surface area contributed by atoms with Gasteiger partial charge < -0.3 is 0 Å². The van der Waals surface area contributed by atoms with Crippen LogP contribution in [0.1, 0.15) is 51.7 Å². The first-order valence-corrected chi connectivity index (χ1v) is 10.4. The second-order valence-electron chi connectivity index (χ2n) is 8.57. The average Bonchev–Trinajstić information content (AvgIpc) is 2.69. The van der Waals surface area contributed by atoms with E-state index in [2.05, 4.69) is 0 Å². The smallest absolute Gasteiger partial charge is 0.160 e. The van der Waals surface area contributed by atoms with E-state index in [0.717, 1.165) is 5.56 Å². The van der Waals surface area contributed by atoms with Crippen molar-refractivity contribution in [1.82, 2.24) is 0 Å². The van der Waals surface area contributed by atoms with Gasteiger partial charge in [0.2, 0.25) is 0 Å². The maximum atomic E-state index is 13.4. The SMILES string of the molecule is CCc1c(Cl)cc(-c2ccccc2)c(Cl)c1C1C(=O)C(C)(C)C(=O)C(C)(C)C1=O. The zero-order valence-corrected chi connectivity index (χ0v) is 18.7. The Bertz CT molecular complexity index is 990. The van der Waals surface area contributed by atoms with Crippen LogP contribution in [0.4, 0.5) is 0 Å². The molecule has 0 aliphatic heterocycles. The van der Waals surface area contributed by atoms with Crippen molar-refractivity contribution in [1.29, 1.82) is 0 Å². The van der Waals surface area contributed by atoms with Gasteiger partial charge in [0, 0.05) is 10.6 Å². The first kappa shape index (κ1) is 21.7. The maximum absolute atomic E-state index is 13.4. The van der Waals surface area contributed by atoms with Crippen LogP contribution in [0.25, 0.3) is 11.1 Å². The molecule has 0 heterocycles. The van der Waals surface area contributed by atoms with E-state index >= 15 is 0 Å². The van der Waals surface area contributed by atoms with E-state index in [9.17, 15) is 14.4 Å². The number of ketones is 3. The molecule has 0 bridgehead atoms. The van der Waals surface area contributed by atoms with E-state index in [1.54, 1.807) is 33.8 Å². The number of halogens is 2. The molecule has 0 amide bonds. The summed E-state index contributed by atoms with van der Waals surface area (Å²) < 4.78 is 0. The molecule has 1 aliphatic carbocycles. The van der Waals surface area contributed by atoms with Gasteiger partial charge in [-0.25, -0.2) is 0 Å². The molecule has 1 saturated carbocycles. The second kappa shape index (κ2) is 7.37. The van der Waals surface area contributed by atoms with E-state index in [0.29, 0.717) is 33.2 Å². The fourth-order valence-electron chi connectivity index (χ4n) is 4.28. The Morgan fingerprint density at radius 2 is 1.41 bits per heavy atom. The molecule has 3 rings (SSSR count). The molecule has 0 atom stereocenters. The maximum Gasteiger partial charge on any atom is 0.160 e. The molecule has 152 valence electrons. The minimum absolute atomic E-state index is 0.338. The van der Waals surface area contributed by atoms with Crippen molar-refractivity contribution in [3.63, 3.8) is 0 Å². The number of Topliss-reactive ketones (excluding diaryl/α,β-unsaturated/α-hetero) is 3. The third kappa shape index (κ3) is 3.25. The number of carbonyl (C=O) groups excluding carboxylic acids is 3. The van der Waals surface area contributed by atoms with Crippen molar-refractivity contribution >= 4 is 40.6 Å². The molecule has 2 aromatic carbocycles. The Labute approximate surface area is 181 Å². The average molecular weight is 431 g/mol. The zero-order chi connectivity index (χ0) is 21.7. The summed E-state index contributed by atoms with van der Waals surface area (Å²) in [6.45, 7) is 8.24. The molecule has 5 heteroatoms. The second-order valence-corrected chi connectivity index (χ2v) is 9.36. The largest absolute Gasteiger partial charge is 0.298 e. The summed E-state index contributed by atoms with van der Waals surface area (Å²) in [6, 6.07) is 11.2. The van der Waals surface area contributed by atoms with E-state index in [1.807, 2.05) is 37.3 Å². The molecular formula is C24H24Cl2O3. The molecule has 2 aromatic rings. The topological polar surface area (TPSA) is 51.2 Å². The molecule has 0 N–H and O–H groups in total. The molecule has 0 radical (unpaired) electrons. The zero-order valence-electron chi connectivity index (χ0n) is 17.2. The van der Waals surface area contributed by atoms with Crippen LogP contribution < -0.4 is 0 Å². The van der Waals surface area contributed by atoms with Gasteiger partial charge in [0.05, 0.1) is 15.9 Å². The fraction of sp³-hybridized carbons (Fsp3) is 0.375. The van der Waals surface area contributed by atoms with Gasteiger partial charge in [0.1, 0.15) is 5.92 Å². The van der Waals surface area contributed by atoms with Crippen molar-refractivity contribution in [2.24, 2.45) is 10.8 Å². The summed E-state index contributed by atoms with van der Waals surface area (Å²) in [5.74, 6) is -2.34. The predicted molar refractivity (Wildman–Crippen MR) is 117 cm³/mol. The Morgan fingerprint density at radius 1 is 0.897 bits per heavy atom. The minimum atomic E-state index is -1.29. The first-order chi connectivity index (χ1) is 13.5. The highest BCUT2D eigenvalue weighted by molar-refractivity contribution is 6.39. The van der Waals surface area contributed by atoms with Gasteiger partial charge in [-0.2, -0.15) is 0 Å². The van der Waals surface area contributed by atoms with Gasteiger partial charge in [0.25, 0.3) is 0 Å². The monoisotopic (exact) mass is 430 g/mol. The summed E-state index contributed by atoms with van der Waals surface area (Å²) in [4.78, 5) is 39.6. The number of carbonyl (C=O) groups is 3. The number of rotatable bonds is 3. The van der Waals surface area contributed by atoms with Gasteiger partial charge >= 0.3 is 0 Å². The predicted octanol–water partition coefficient (Wildman–Crippen LogP) is 6.08. The van der Waals surface area contributed by atoms with Gasteiger partial charge in [-0.3, -0.25) is 14.4 Å². The summed E-state index contributed by atoms with van der Waals surface area (Å²) >= 11 is 13.4. The highest BCUT2D eigenvalue weighted by Gasteiger charge is 2.59. The molecule has 0 unspecified atom stereocenters. The lowest BCUT2D eigenvalue weighted by atomic mass is 9.57. The van der Waals surface area contributed by atoms with Crippen molar-refractivity contribution in [2.75, 3.05) is 0 Å². The van der Waals surface area contributed by atoms with E-state index < -0.39 is 28.3 Å². The molecule has 0 aromatic heterocycles. The molecule has 1 fully saturated rings. The highest BCUT2D eigenvalue weighted by atomic mass is 35.5. The summed E-state index contributed by atoms with van der Waals surface area (Å²) in [5.41, 5.74) is 0.0384. The fourth-order valence-corrected chi connectivity index (χ4v) is 5.01. The minimum Gasteiger partial charge on any atom is -0.298 e. The van der Waals surface area contributed by atoms with E-state index in [1.165, 1.54) is 0 Å². The molecule has 3 nitrogen and oxygen atoms in total. The number of benzene rings is 2. The first-order valence-electron chi connectivity index (χ1n) is 9.66. The van der Waals surface area contributed by atoms with Gasteiger partial charge in [-0.15, -0.1) is 0 Å². The van der Waals surface area contributed by atoms with Crippen LogP contribution in [-0.4, -0.2) is 17.3 Å². The van der Waals surface area contributed by atoms with Crippen molar-refractivity contribution in [3.05, 3.63) is 57.6 Å². The Hall–Kier alpha value is -1.97. The van der Waals surface area contributed by atoms with Gasteiger partial charge in [0.15, 0.2) is 17.3 Å². The Balaban J connectivity index is 2.35. The standard InChI is InChI=1S/C24H24Cl2O3/c1-6-14-16(25)12-15(13-10-8-7-9-11-13)19(26)17(14)18-20(27)23(2,3)22(29)24(4,5)21(18)28/h7-12,18H,6H2,1-5H3. The number of hydrogen-bond acceptors (Lipinski definition) is 3. The van der Waals surface area contributed by atoms with Crippen LogP contribution >= 0.6 is 23.2 Å². The van der Waals surface area contributed by atoms with Crippen LogP contribution in [0.3, 0.4) is 0 Å². The molecule has 1 aliphatic rings. The van der Waals surface area contributed by atoms with Crippen molar-refractivity contribution in [2.45, 2.75) is 47.0 Å². The lowest BCUT2D eigenvalue weighted by molar-refractivity contribution is -0.157. The van der Waals surface area contributed by atoms with Gasteiger partial charge in [-0.1, -0.05) is 60.5 Å². The van der Waals surface area contributed by atoms with Crippen LogP contribution in [-0.2, 0) is 20.8 Å². The van der Waals surface area contributed by atoms with Crippen LogP contribution in [0.2, 0.25) is 10.0 Å². The Kier molecular flexibility index (Phi) is 5.53. The molecule has 0 spiro atoms. The lowest BCUT2D eigenvalue weighted by Gasteiger charge is -2.41. The third-order valence-corrected chi connectivity index (χ3v) is 6.72. The van der Waals surface area contributed by atoms with Crippen LogP contribution in [0.5, 0.6) is 0 Å². The molecule has 0 saturated heterocycles. The summed E-state index contributed by atoms with van der Waals surface area (Å²) in [7, 11) is 0. The third-order valence-electron chi connectivity index (χ3n) is 5.98. The van der Waals surface area contributed by atoms with Crippen molar-refractivity contribution < 1.29 is 14.4 Å². The highest BCUT2D eigenvalue weighted by Crippen LogP contribution is 2.49. The molecular weight excluding hydrogens is 407 g/mol. The van der Waals surface area contributed by atoms with Crippen molar-refractivity contribution in [3.8, 4) is 11.1 Å². The number of hydrogen-bond donors (Lipinski definition) is 0. The lowest BCUT2D eigenvalue weighted by Crippen LogP contribution is -2.56. The normalized spacial score (nSPS) is 18.9. The summed E-state index contributed by atoms with van der Waals surface area (Å²) in [6.07, 6.45) is 0.509.